The van der Waals surface area contributed by atoms with Crippen molar-refractivity contribution in [3.63, 3.8) is 0 Å². The van der Waals surface area contributed by atoms with Crippen LogP contribution in [-0.2, 0) is 17.8 Å². The summed E-state index contributed by atoms with van der Waals surface area (Å²) in [7, 11) is 0. The number of carbonyl (C=O) groups excluding carboxylic acids is 1. The maximum atomic E-state index is 13.9. The molecule has 2 N–H and O–H groups in total. The quantitative estimate of drug-likeness (QED) is 0.724. The summed E-state index contributed by atoms with van der Waals surface area (Å²) in [5, 5.41) is 11.9. The number of aromatic amines is 1. The minimum absolute atomic E-state index is 0.0756. The van der Waals surface area contributed by atoms with Crippen molar-refractivity contribution in [1.29, 1.82) is 5.26 Å². The Balaban J connectivity index is 1.88. The summed E-state index contributed by atoms with van der Waals surface area (Å²) in [6, 6.07) is 7.18. The van der Waals surface area contributed by atoms with Gasteiger partial charge in [0.2, 0.25) is 5.91 Å². The zero-order chi connectivity index (χ0) is 20.4. The zero-order valence-electron chi connectivity index (χ0n) is 14.7. The molecule has 8 heteroatoms. The molecule has 0 spiro atoms. The second-order valence-corrected chi connectivity index (χ2v) is 6.20. The number of hydrogen-bond donors (Lipinski definition) is 2. The van der Waals surface area contributed by atoms with Gasteiger partial charge in [0.25, 0.3) is 5.56 Å². The third-order valence-electron chi connectivity index (χ3n) is 4.44. The third-order valence-corrected chi connectivity index (χ3v) is 4.44. The maximum Gasteiger partial charge on any atom is 0.252 e. The highest BCUT2D eigenvalue weighted by molar-refractivity contribution is 5.90. The molecule has 0 aliphatic rings. The number of H-pyrrole nitrogens is 1. The number of nitriles is 1. The van der Waals surface area contributed by atoms with E-state index >= 15 is 0 Å². The molecule has 142 valence electrons. The first-order chi connectivity index (χ1) is 13.3. The minimum Gasteiger partial charge on any atom is -0.352 e. The highest BCUT2D eigenvalue weighted by Crippen LogP contribution is 2.24. The Morgan fingerprint density at radius 3 is 2.61 bits per heavy atom. The largest absolute Gasteiger partial charge is 0.352 e. The van der Waals surface area contributed by atoms with Crippen LogP contribution < -0.4 is 10.9 Å². The highest BCUT2D eigenvalue weighted by Gasteiger charge is 2.17. The number of nitrogens with zero attached hydrogens (tertiary/aromatic N) is 1. The Kier molecular flexibility index (Phi) is 5.18. The number of nitrogens with one attached hydrogen (secondary N) is 2. The van der Waals surface area contributed by atoms with E-state index in [2.05, 4.69) is 10.3 Å². The maximum absolute atomic E-state index is 13.9. The molecular weight excluding hydrogens is 371 g/mol. The molecule has 0 fully saturated rings. The van der Waals surface area contributed by atoms with Crippen molar-refractivity contribution >= 4 is 16.8 Å². The number of aromatic nitrogens is 1. The summed E-state index contributed by atoms with van der Waals surface area (Å²) in [5.41, 5.74) is 0.0141. The van der Waals surface area contributed by atoms with Crippen LogP contribution in [0.15, 0.2) is 35.1 Å². The fraction of sp³-hybridized carbons (Fsp3) is 0.150. The summed E-state index contributed by atoms with van der Waals surface area (Å²) < 4.78 is 40.5. The van der Waals surface area contributed by atoms with Gasteiger partial charge < -0.3 is 10.3 Å². The number of halogens is 3. The zero-order valence-corrected chi connectivity index (χ0v) is 14.7. The lowest BCUT2D eigenvalue weighted by Crippen LogP contribution is -2.28. The number of carbonyl (C=O) groups is 1. The molecule has 1 amide bonds. The lowest BCUT2D eigenvalue weighted by molar-refractivity contribution is -0.120. The number of rotatable bonds is 4. The molecule has 1 heterocycles. The van der Waals surface area contributed by atoms with Crippen molar-refractivity contribution in [2.45, 2.75) is 19.9 Å². The SMILES string of the molecule is Cc1c(CC(=O)NCc2ccc(F)cc2F)c(=O)[nH]c2ccc(F)c(C#N)c12. The van der Waals surface area contributed by atoms with Gasteiger partial charge in [0.1, 0.15) is 23.5 Å². The molecule has 5 nitrogen and oxygen atoms in total. The van der Waals surface area contributed by atoms with Crippen LogP contribution in [0.2, 0.25) is 0 Å². The van der Waals surface area contributed by atoms with E-state index in [1.54, 1.807) is 6.07 Å². The third kappa shape index (κ3) is 3.60. The van der Waals surface area contributed by atoms with Crippen LogP contribution in [-0.4, -0.2) is 10.9 Å². The van der Waals surface area contributed by atoms with Crippen LogP contribution in [0.4, 0.5) is 13.2 Å². The van der Waals surface area contributed by atoms with Gasteiger partial charge in [-0.1, -0.05) is 6.07 Å². The van der Waals surface area contributed by atoms with E-state index < -0.39 is 28.9 Å². The summed E-state index contributed by atoms with van der Waals surface area (Å²) in [6.07, 6.45) is -0.346. The van der Waals surface area contributed by atoms with E-state index in [1.165, 1.54) is 19.1 Å². The van der Waals surface area contributed by atoms with Gasteiger partial charge in [-0.15, -0.1) is 0 Å². The number of amides is 1. The van der Waals surface area contributed by atoms with E-state index in [0.29, 0.717) is 11.6 Å². The van der Waals surface area contributed by atoms with Gasteiger partial charge >= 0.3 is 0 Å². The van der Waals surface area contributed by atoms with Crippen LogP contribution in [0.25, 0.3) is 10.9 Å². The average Bonchev–Trinajstić information content (AvgIpc) is 2.65. The van der Waals surface area contributed by atoms with Gasteiger partial charge in [-0.3, -0.25) is 9.59 Å². The topological polar surface area (TPSA) is 85.8 Å². The molecule has 0 saturated carbocycles. The second kappa shape index (κ2) is 7.56. The number of hydrogen-bond acceptors (Lipinski definition) is 3. The van der Waals surface area contributed by atoms with Crippen LogP contribution in [0.3, 0.4) is 0 Å². The highest BCUT2D eigenvalue weighted by atomic mass is 19.1. The molecular formula is C20H14F3N3O2. The molecule has 0 atom stereocenters. The molecule has 0 aliphatic heterocycles. The average molecular weight is 385 g/mol. The first kappa shape index (κ1) is 19.2. The van der Waals surface area contributed by atoms with Crippen LogP contribution in [0, 0.1) is 35.7 Å². The molecule has 0 saturated heterocycles. The van der Waals surface area contributed by atoms with E-state index in [1.807, 2.05) is 0 Å². The Hall–Kier alpha value is -3.60. The van der Waals surface area contributed by atoms with E-state index in [-0.39, 0.29) is 40.6 Å². The van der Waals surface area contributed by atoms with Gasteiger partial charge in [0.05, 0.1) is 17.5 Å². The lowest BCUT2D eigenvalue weighted by atomic mass is 9.98. The molecule has 28 heavy (non-hydrogen) atoms. The van der Waals surface area contributed by atoms with Crippen LogP contribution in [0.5, 0.6) is 0 Å². The number of aryl methyl sites for hydroxylation is 1. The van der Waals surface area contributed by atoms with Crippen molar-refractivity contribution in [3.05, 3.63) is 80.4 Å². The Labute approximate surface area is 157 Å². The fourth-order valence-corrected chi connectivity index (χ4v) is 2.99. The van der Waals surface area contributed by atoms with Crippen molar-refractivity contribution in [3.8, 4) is 6.07 Å². The predicted octanol–water partition coefficient (Wildman–Crippen LogP) is 2.98. The predicted molar refractivity (Wildman–Crippen MR) is 95.9 cm³/mol. The Morgan fingerprint density at radius 1 is 1.18 bits per heavy atom. The normalized spacial score (nSPS) is 10.7. The Morgan fingerprint density at radius 2 is 1.93 bits per heavy atom. The lowest BCUT2D eigenvalue weighted by Gasteiger charge is -2.11. The van der Waals surface area contributed by atoms with Gasteiger partial charge in [-0.05, 0) is 30.7 Å². The van der Waals surface area contributed by atoms with Gasteiger partial charge in [-0.2, -0.15) is 5.26 Å². The molecule has 3 rings (SSSR count). The summed E-state index contributed by atoms with van der Waals surface area (Å²) in [6.45, 7) is 1.34. The summed E-state index contributed by atoms with van der Waals surface area (Å²) in [5.74, 6) is -2.83. The molecule has 0 aliphatic carbocycles. The van der Waals surface area contributed by atoms with Crippen LogP contribution in [0.1, 0.15) is 22.3 Å². The van der Waals surface area contributed by atoms with Crippen LogP contribution >= 0.6 is 0 Å². The van der Waals surface area contributed by atoms with E-state index in [9.17, 15) is 28.0 Å². The van der Waals surface area contributed by atoms with Crippen molar-refractivity contribution in [1.82, 2.24) is 10.3 Å². The number of benzene rings is 2. The molecule has 0 radical (unpaired) electrons. The van der Waals surface area contributed by atoms with Gasteiger partial charge in [0.15, 0.2) is 0 Å². The van der Waals surface area contributed by atoms with Crippen molar-refractivity contribution in [2.24, 2.45) is 0 Å². The number of pyridine rings is 1. The minimum atomic E-state index is -0.797. The van der Waals surface area contributed by atoms with Gasteiger partial charge in [0, 0.05) is 29.1 Å². The van der Waals surface area contributed by atoms with Gasteiger partial charge in [-0.25, -0.2) is 13.2 Å². The number of fused-ring (bicyclic) bond motifs is 1. The summed E-state index contributed by atoms with van der Waals surface area (Å²) >= 11 is 0. The molecule has 2 aromatic carbocycles. The smallest absolute Gasteiger partial charge is 0.252 e. The van der Waals surface area contributed by atoms with E-state index in [4.69, 9.17) is 0 Å². The molecule has 3 aromatic rings. The monoisotopic (exact) mass is 385 g/mol. The van der Waals surface area contributed by atoms with Crippen molar-refractivity contribution < 1.29 is 18.0 Å². The molecule has 0 unspecified atom stereocenters. The van der Waals surface area contributed by atoms with Crippen molar-refractivity contribution in [2.75, 3.05) is 0 Å². The molecule has 1 aromatic heterocycles. The van der Waals surface area contributed by atoms with E-state index in [0.717, 1.165) is 12.1 Å². The Bertz CT molecular complexity index is 1200. The fourth-order valence-electron chi connectivity index (χ4n) is 2.99. The first-order valence-electron chi connectivity index (χ1n) is 8.26. The standard InChI is InChI=1S/C20H14F3N3O2/c1-10-13(7-18(27)25-9-11-2-3-12(21)6-16(11)23)20(28)26-17-5-4-15(22)14(8-24)19(10)17/h2-6H,7,9H2,1H3,(H,25,27)(H,26,28). The summed E-state index contributed by atoms with van der Waals surface area (Å²) in [4.78, 5) is 27.1. The first-order valence-corrected chi connectivity index (χ1v) is 8.26. The second-order valence-electron chi connectivity index (χ2n) is 6.20. The molecule has 0 bridgehead atoms.